The zero-order valence-electron chi connectivity index (χ0n) is 17.4. The number of hydrogen-bond donors (Lipinski definition) is 0. The number of alkyl halides is 3. The quantitative estimate of drug-likeness (QED) is 0.721. The molecule has 31 heavy (non-hydrogen) atoms. The van der Waals surface area contributed by atoms with E-state index in [4.69, 9.17) is 0 Å². The van der Waals surface area contributed by atoms with Crippen LogP contribution in [0.3, 0.4) is 0 Å². The summed E-state index contributed by atoms with van der Waals surface area (Å²) in [5.74, 6) is 0.193. The molecule has 2 aromatic rings. The lowest BCUT2D eigenvalue weighted by molar-refractivity contribution is -0.137. The number of hydrogen-bond acceptors (Lipinski definition) is 4. The van der Waals surface area contributed by atoms with Crippen LogP contribution < -0.4 is 0 Å². The largest absolute Gasteiger partial charge is 0.416 e. The smallest absolute Gasteiger partial charge is 0.342 e. The number of likely N-dealkylation sites (tertiary alicyclic amines) is 2. The van der Waals surface area contributed by atoms with Gasteiger partial charge in [-0.1, -0.05) is 12.1 Å². The molecule has 0 radical (unpaired) electrons. The van der Waals surface area contributed by atoms with Crippen LogP contribution in [0.15, 0.2) is 36.7 Å². The molecule has 3 heterocycles. The number of halogens is 3. The summed E-state index contributed by atoms with van der Waals surface area (Å²) in [5, 5.41) is 0. The number of carbonyl (C=O) groups excluding carboxylic acids is 1. The molecule has 5 nitrogen and oxygen atoms in total. The molecule has 0 N–H and O–H groups in total. The van der Waals surface area contributed by atoms with E-state index in [1.54, 1.807) is 12.3 Å². The topological polar surface area (TPSA) is 49.3 Å². The summed E-state index contributed by atoms with van der Waals surface area (Å²) in [6.45, 7) is 3.55. The highest BCUT2D eigenvalue weighted by Gasteiger charge is 2.32. The van der Waals surface area contributed by atoms with E-state index in [9.17, 15) is 18.0 Å². The SMILES string of the molecule is O=C(CN1CCCC(c2nccnc2-c2cccc(C(F)(F)F)c2)C1)N1CCCCC1. The van der Waals surface area contributed by atoms with E-state index in [1.165, 1.54) is 18.7 Å². The van der Waals surface area contributed by atoms with Crippen molar-refractivity contribution < 1.29 is 18.0 Å². The molecule has 1 amide bonds. The lowest BCUT2D eigenvalue weighted by Gasteiger charge is -2.35. The van der Waals surface area contributed by atoms with Gasteiger partial charge in [0.1, 0.15) is 0 Å². The van der Waals surface area contributed by atoms with E-state index in [0.717, 1.165) is 57.5 Å². The van der Waals surface area contributed by atoms with Crippen LogP contribution in [-0.4, -0.2) is 58.4 Å². The van der Waals surface area contributed by atoms with Gasteiger partial charge in [0, 0.05) is 43.5 Å². The molecule has 166 valence electrons. The van der Waals surface area contributed by atoms with E-state index < -0.39 is 11.7 Å². The van der Waals surface area contributed by atoms with E-state index >= 15 is 0 Å². The van der Waals surface area contributed by atoms with Crippen LogP contribution in [0.2, 0.25) is 0 Å². The summed E-state index contributed by atoms with van der Waals surface area (Å²) >= 11 is 0. The van der Waals surface area contributed by atoms with Gasteiger partial charge in [-0.05, 0) is 50.8 Å². The molecule has 1 atom stereocenters. The van der Waals surface area contributed by atoms with E-state index in [0.29, 0.717) is 30.0 Å². The highest BCUT2D eigenvalue weighted by Crippen LogP contribution is 2.35. The third kappa shape index (κ3) is 5.23. The second-order valence-corrected chi connectivity index (χ2v) is 8.38. The normalized spacial score (nSPS) is 20.6. The van der Waals surface area contributed by atoms with Crippen molar-refractivity contribution in [1.29, 1.82) is 0 Å². The minimum Gasteiger partial charge on any atom is -0.342 e. The molecular weight excluding hydrogens is 405 g/mol. The minimum atomic E-state index is -4.41. The molecule has 1 unspecified atom stereocenters. The van der Waals surface area contributed by atoms with Crippen LogP contribution in [0.25, 0.3) is 11.3 Å². The Balaban J connectivity index is 1.52. The van der Waals surface area contributed by atoms with Gasteiger partial charge in [-0.15, -0.1) is 0 Å². The molecule has 1 aromatic carbocycles. The fourth-order valence-corrected chi connectivity index (χ4v) is 4.57. The molecule has 8 heteroatoms. The Kier molecular flexibility index (Phi) is 6.55. The average Bonchev–Trinajstić information content (AvgIpc) is 2.79. The van der Waals surface area contributed by atoms with Crippen LogP contribution >= 0.6 is 0 Å². The summed E-state index contributed by atoms with van der Waals surface area (Å²) in [4.78, 5) is 25.7. The van der Waals surface area contributed by atoms with Gasteiger partial charge >= 0.3 is 6.18 Å². The molecular formula is C23H27F3N4O. The Morgan fingerprint density at radius 2 is 1.81 bits per heavy atom. The summed E-state index contributed by atoms with van der Waals surface area (Å²) < 4.78 is 39.6. The highest BCUT2D eigenvalue weighted by atomic mass is 19.4. The lowest BCUT2D eigenvalue weighted by Crippen LogP contribution is -2.45. The predicted octanol–water partition coefficient (Wildman–Crippen LogP) is 4.35. The van der Waals surface area contributed by atoms with E-state index in [-0.39, 0.29) is 11.8 Å². The Labute approximate surface area is 180 Å². The van der Waals surface area contributed by atoms with Crippen molar-refractivity contribution >= 4 is 5.91 Å². The fourth-order valence-electron chi connectivity index (χ4n) is 4.57. The number of amides is 1. The van der Waals surface area contributed by atoms with Crippen molar-refractivity contribution in [2.45, 2.75) is 44.2 Å². The zero-order chi connectivity index (χ0) is 21.8. The number of aromatic nitrogens is 2. The standard InChI is InChI=1S/C23H27F3N4O/c24-23(25,26)19-8-4-6-17(14-19)21-22(28-10-9-27-21)18-7-5-11-29(15-18)16-20(31)30-12-2-1-3-13-30/h4,6,8-10,14,18H,1-3,5,7,11-13,15-16H2. The van der Waals surface area contributed by atoms with Gasteiger partial charge in [0.05, 0.1) is 23.5 Å². The highest BCUT2D eigenvalue weighted by molar-refractivity contribution is 5.78. The fraction of sp³-hybridized carbons (Fsp3) is 0.522. The molecule has 4 rings (SSSR count). The van der Waals surface area contributed by atoms with Crippen molar-refractivity contribution in [2.24, 2.45) is 0 Å². The van der Waals surface area contributed by atoms with Gasteiger partial charge in [0.15, 0.2) is 0 Å². The first-order chi connectivity index (χ1) is 14.9. The molecule has 0 bridgehead atoms. The van der Waals surface area contributed by atoms with Crippen LogP contribution in [0.4, 0.5) is 13.2 Å². The number of nitrogens with zero attached hydrogens (tertiary/aromatic N) is 4. The maximum atomic E-state index is 13.2. The molecule has 2 aliphatic heterocycles. The molecule has 2 aliphatic rings. The lowest BCUT2D eigenvalue weighted by atomic mass is 9.91. The van der Waals surface area contributed by atoms with Gasteiger partial charge in [-0.3, -0.25) is 19.7 Å². The third-order valence-corrected chi connectivity index (χ3v) is 6.15. The van der Waals surface area contributed by atoms with E-state index in [1.807, 2.05) is 4.90 Å². The van der Waals surface area contributed by atoms with E-state index in [2.05, 4.69) is 14.9 Å². The number of piperidine rings is 2. The summed E-state index contributed by atoms with van der Waals surface area (Å²) in [6, 6.07) is 5.24. The molecule has 0 saturated carbocycles. The maximum absolute atomic E-state index is 13.2. The van der Waals surface area contributed by atoms with Crippen molar-refractivity contribution in [3.63, 3.8) is 0 Å². The molecule has 2 fully saturated rings. The van der Waals surface area contributed by atoms with Gasteiger partial charge in [0.2, 0.25) is 5.91 Å². The van der Waals surface area contributed by atoms with Gasteiger partial charge in [-0.25, -0.2) is 0 Å². The predicted molar refractivity (Wildman–Crippen MR) is 111 cm³/mol. The van der Waals surface area contributed by atoms with Crippen LogP contribution in [0.5, 0.6) is 0 Å². The zero-order valence-corrected chi connectivity index (χ0v) is 17.4. The van der Waals surface area contributed by atoms with Gasteiger partial charge in [-0.2, -0.15) is 13.2 Å². The van der Waals surface area contributed by atoms with Crippen molar-refractivity contribution in [2.75, 3.05) is 32.7 Å². The van der Waals surface area contributed by atoms with Gasteiger partial charge < -0.3 is 4.90 Å². The molecule has 1 aromatic heterocycles. The summed E-state index contributed by atoms with van der Waals surface area (Å²) in [5.41, 5.74) is 0.915. The minimum absolute atomic E-state index is 0.0288. The Bertz CT molecular complexity index is 912. The van der Waals surface area contributed by atoms with Gasteiger partial charge in [0.25, 0.3) is 0 Å². The van der Waals surface area contributed by atoms with Crippen molar-refractivity contribution in [3.8, 4) is 11.3 Å². The summed E-state index contributed by atoms with van der Waals surface area (Å²) in [7, 11) is 0. The molecule has 2 saturated heterocycles. The second kappa shape index (κ2) is 9.34. The Morgan fingerprint density at radius 3 is 2.58 bits per heavy atom. The van der Waals surface area contributed by atoms with Crippen LogP contribution in [-0.2, 0) is 11.0 Å². The average molecular weight is 432 g/mol. The molecule has 0 spiro atoms. The number of rotatable bonds is 4. The first-order valence-electron chi connectivity index (χ1n) is 10.9. The summed E-state index contributed by atoms with van der Waals surface area (Å²) in [6.07, 6.45) is 3.79. The first kappa shape index (κ1) is 21.7. The molecule has 0 aliphatic carbocycles. The maximum Gasteiger partial charge on any atom is 0.416 e. The third-order valence-electron chi connectivity index (χ3n) is 6.15. The number of benzene rings is 1. The Morgan fingerprint density at radius 1 is 1.03 bits per heavy atom. The second-order valence-electron chi connectivity index (χ2n) is 8.38. The first-order valence-corrected chi connectivity index (χ1v) is 10.9. The Hall–Kier alpha value is -2.48. The van der Waals surface area contributed by atoms with Crippen LogP contribution in [0.1, 0.15) is 49.3 Å². The van der Waals surface area contributed by atoms with Crippen molar-refractivity contribution in [3.05, 3.63) is 47.9 Å². The van der Waals surface area contributed by atoms with Crippen LogP contribution in [0, 0.1) is 0 Å². The number of carbonyl (C=O) groups is 1. The monoisotopic (exact) mass is 432 g/mol. The van der Waals surface area contributed by atoms with Crippen molar-refractivity contribution in [1.82, 2.24) is 19.8 Å².